The zero-order valence-corrected chi connectivity index (χ0v) is 15.9. The lowest BCUT2D eigenvalue weighted by atomic mass is 9.87. The van der Waals surface area contributed by atoms with Crippen LogP contribution in [-0.2, 0) is 4.79 Å². The van der Waals surface area contributed by atoms with E-state index in [0.29, 0.717) is 11.7 Å². The Morgan fingerprint density at radius 1 is 1.19 bits per heavy atom. The van der Waals surface area contributed by atoms with Crippen LogP contribution in [0, 0.1) is 5.92 Å². The van der Waals surface area contributed by atoms with Gasteiger partial charge in [0.1, 0.15) is 5.82 Å². The Morgan fingerprint density at radius 2 is 2.04 bits per heavy atom. The summed E-state index contributed by atoms with van der Waals surface area (Å²) in [7, 11) is 0. The Morgan fingerprint density at radius 3 is 2.78 bits per heavy atom. The van der Waals surface area contributed by atoms with Gasteiger partial charge in [-0.2, -0.15) is 0 Å². The maximum absolute atomic E-state index is 11.0. The lowest BCUT2D eigenvalue weighted by Gasteiger charge is -2.34. The number of nitrogens with one attached hydrogen (secondary N) is 2. The summed E-state index contributed by atoms with van der Waals surface area (Å²) in [4.78, 5) is 22.2. The van der Waals surface area contributed by atoms with E-state index in [2.05, 4.69) is 20.2 Å². The fourth-order valence-corrected chi connectivity index (χ4v) is 4.12. The molecule has 1 aliphatic heterocycles. The lowest BCUT2D eigenvalue weighted by molar-refractivity contribution is -0.124. The van der Waals surface area contributed by atoms with E-state index in [4.69, 9.17) is 5.21 Å². The van der Waals surface area contributed by atoms with E-state index >= 15 is 0 Å². The molecule has 2 aliphatic rings. The molecule has 0 radical (unpaired) electrons. The van der Waals surface area contributed by atoms with Crippen LogP contribution in [0.2, 0.25) is 0 Å². The van der Waals surface area contributed by atoms with E-state index in [1.807, 2.05) is 0 Å². The molecule has 7 nitrogen and oxygen atoms in total. The summed E-state index contributed by atoms with van der Waals surface area (Å²) in [5.74, 6) is 1.11. The maximum atomic E-state index is 11.0. The Kier molecular flexibility index (Phi) is 7.59. The standard InChI is InChI=1S/C20H31N5O2/c26-20(24-27)9-8-17-13-22-19(14-21-17)23-18-7-4-11-25(15-18)12-10-16-5-2-1-3-6-16/h8-9,13-14,16,18,27H,1-7,10-12,15H2,(H,22,23)(H,24,26)/b9-8+/t18-/m1/s1. The molecule has 1 saturated carbocycles. The molecule has 1 aromatic rings. The summed E-state index contributed by atoms with van der Waals surface area (Å²) in [5, 5.41) is 12.0. The first-order valence-corrected chi connectivity index (χ1v) is 10.2. The summed E-state index contributed by atoms with van der Waals surface area (Å²) < 4.78 is 0. The quantitative estimate of drug-likeness (QED) is 0.387. The molecule has 7 heteroatoms. The van der Waals surface area contributed by atoms with Gasteiger partial charge in [0.15, 0.2) is 0 Å². The van der Waals surface area contributed by atoms with Gasteiger partial charge in [-0.25, -0.2) is 10.5 Å². The van der Waals surface area contributed by atoms with Crippen LogP contribution in [-0.4, -0.2) is 51.7 Å². The minimum absolute atomic E-state index is 0.404. The number of rotatable bonds is 7. The molecule has 0 bridgehead atoms. The molecule has 2 heterocycles. The molecular weight excluding hydrogens is 342 g/mol. The second-order valence-electron chi connectivity index (χ2n) is 7.71. The van der Waals surface area contributed by atoms with Gasteiger partial charge in [-0.15, -0.1) is 0 Å². The number of amides is 1. The van der Waals surface area contributed by atoms with Crippen molar-refractivity contribution in [1.29, 1.82) is 0 Å². The molecule has 1 amide bonds. The topological polar surface area (TPSA) is 90.4 Å². The average Bonchev–Trinajstić information content (AvgIpc) is 2.72. The van der Waals surface area contributed by atoms with Crippen LogP contribution in [0.4, 0.5) is 5.82 Å². The predicted octanol–water partition coefficient (Wildman–Crippen LogP) is 2.84. The zero-order chi connectivity index (χ0) is 18.9. The summed E-state index contributed by atoms with van der Waals surface area (Å²) in [5.41, 5.74) is 2.12. The van der Waals surface area contributed by atoms with Gasteiger partial charge < -0.3 is 10.2 Å². The van der Waals surface area contributed by atoms with Gasteiger partial charge in [0.2, 0.25) is 0 Å². The van der Waals surface area contributed by atoms with Crippen molar-refractivity contribution < 1.29 is 10.0 Å². The number of hydroxylamine groups is 1. The number of hydrogen-bond donors (Lipinski definition) is 3. The van der Waals surface area contributed by atoms with Crippen molar-refractivity contribution >= 4 is 17.8 Å². The third-order valence-corrected chi connectivity index (χ3v) is 5.62. The highest BCUT2D eigenvalue weighted by Gasteiger charge is 2.21. The molecule has 1 atom stereocenters. The highest BCUT2D eigenvalue weighted by molar-refractivity contribution is 5.90. The van der Waals surface area contributed by atoms with Crippen molar-refractivity contribution in [2.45, 2.75) is 57.4 Å². The van der Waals surface area contributed by atoms with E-state index in [1.165, 1.54) is 70.2 Å². The largest absolute Gasteiger partial charge is 0.365 e. The normalized spacial score (nSPS) is 22.0. The van der Waals surface area contributed by atoms with Gasteiger partial charge in [-0.1, -0.05) is 32.1 Å². The van der Waals surface area contributed by atoms with E-state index in [9.17, 15) is 4.79 Å². The average molecular weight is 374 g/mol. The Labute approximate surface area is 161 Å². The minimum Gasteiger partial charge on any atom is -0.365 e. The number of anilines is 1. The van der Waals surface area contributed by atoms with Crippen molar-refractivity contribution in [3.8, 4) is 0 Å². The van der Waals surface area contributed by atoms with Gasteiger partial charge in [0, 0.05) is 18.7 Å². The molecule has 3 N–H and O–H groups in total. The second-order valence-corrected chi connectivity index (χ2v) is 7.71. The van der Waals surface area contributed by atoms with E-state index < -0.39 is 5.91 Å². The summed E-state index contributed by atoms with van der Waals surface area (Å²) in [6.45, 7) is 3.48. The molecule has 3 rings (SSSR count). The third kappa shape index (κ3) is 6.59. The molecule has 1 saturated heterocycles. The number of carbonyl (C=O) groups excluding carboxylic acids is 1. The predicted molar refractivity (Wildman–Crippen MR) is 105 cm³/mol. The van der Waals surface area contributed by atoms with Crippen molar-refractivity contribution in [2.75, 3.05) is 25.0 Å². The number of likely N-dealkylation sites (tertiary alicyclic amines) is 1. The fourth-order valence-electron chi connectivity index (χ4n) is 4.12. The molecule has 0 spiro atoms. The summed E-state index contributed by atoms with van der Waals surface area (Å²) in [6.07, 6.45) is 16.9. The molecular formula is C20H31N5O2. The third-order valence-electron chi connectivity index (χ3n) is 5.62. The van der Waals surface area contributed by atoms with Gasteiger partial charge >= 0.3 is 0 Å². The van der Waals surface area contributed by atoms with Gasteiger partial charge in [-0.3, -0.25) is 15.0 Å². The molecule has 1 aromatic heterocycles. The Hall–Kier alpha value is -1.99. The fraction of sp³-hybridized carbons (Fsp3) is 0.650. The Bertz CT molecular complexity index is 613. The first kappa shape index (κ1) is 19.8. The van der Waals surface area contributed by atoms with Crippen molar-refractivity contribution in [1.82, 2.24) is 20.3 Å². The molecule has 27 heavy (non-hydrogen) atoms. The number of hydrogen-bond acceptors (Lipinski definition) is 6. The van der Waals surface area contributed by atoms with E-state index in [0.717, 1.165) is 24.7 Å². The SMILES string of the molecule is O=C(/C=C/c1cnc(N[C@@H]2CCCN(CCC3CCCCC3)C2)cn1)NO. The highest BCUT2D eigenvalue weighted by atomic mass is 16.5. The van der Waals surface area contributed by atoms with Crippen LogP contribution in [0.1, 0.15) is 57.1 Å². The van der Waals surface area contributed by atoms with Crippen LogP contribution in [0.3, 0.4) is 0 Å². The van der Waals surface area contributed by atoms with Gasteiger partial charge in [0.25, 0.3) is 5.91 Å². The highest BCUT2D eigenvalue weighted by Crippen LogP contribution is 2.27. The number of carbonyl (C=O) groups is 1. The van der Waals surface area contributed by atoms with E-state index in [1.54, 1.807) is 17.9 Å². The van der Waals surface area contributed by atoms with Crippen molar-refractivity contribution in [2.24, 2.45) is 5.92 Å². The molecule has 2 fully saturated rings. The molecule has 148 valence electrons. The molecule has 0 unspecified atom stereocenters. The van der Waals surface area contributed by atoms with Crippen molar-refractivity contribution in [3.05, 3.63) is 24.2 Å². The van der Waals surface area contributed by atoms with Gasteiger partial charge in [-0.05, 0) is 44.3 Å². The second kappa shape index (κ2) is 10.4. The number of aromatic nitrogens is 2. The van der Waals surface area contributed by atoms with Gasteiger partial charge in [0.05, 0.1) is 18.1 Å². The zero-order valence-electron chi connectivity index (χ0n) is 15.9. The summed E-state index contributed by atoms with van der Waals surface area (Å²) >= 11 is 0. The minimum atomic E-state index is -0.588. The Balaban J connectivity index is 1.44. The smallest absolute Gasteiger partial charge is 0.267 e. The lowest BCUT2D eigenvalue weighted by Crippen LogP contribution is -2.43. The van der Waals surface area contributed by atoms with E-state index in [-0.39, 0.29) is 0 Å². The number of piperidine rings is 1. The monoisotopic (exact) mass is 373 g/mol. The van der Waals surface area contributed by atoms with Crippen LogP contribution in [0.5, 0.6) is 0 Å². The van der Waals surface area contributed by atoms with Crippen LogP contribution in [0.15, 0.2) is 18.5 Å². The van der Waals surface area contributed by atoms with Crippen LogP contribution in [0.25, 0.3) is 6.08 Å². The molecule has 1 aliphatic carbocycles. The maximum Gasteiger partial charge on any atom is 0.267 e. The first-order chi connectivity index (χ1) is 13.2. The summed E-state index contributed by atoms with van der Waals surface area (Å²) in [6, 6.07) is 0.404. The molecule has 0 aromatic carbocycles. The first-order valence-electron chi connectivity index (χ1n) is 10.2. The van der Waals surface area contributed by atoms with Crippen LogP contribution < -0.4 is 10.8 Å². The number of nitrogens with zero attached hydrogens (tertiary/aromatic N) is 3. The van der Waals surface area contributed by atoms with Crippen molar-refractivity contribution in [3.63, 3.8) is 0 Å². The van der Waals surface area contributed by atoms with Crippen LogP contribution >= 0.6 is 0 Å².